The smallest absolute Gasteiger partial charge is 0.259 e. The van der Waals surface area contributed by atoms with Crippen molar-refractivity contribution in [1.29, 1.82) is 0 Å². The summed E-state index contributed by atoms with van der Waals surface area (Å²) in [6.45, 7) is 1.25. The van der Waals surface area contributed by atoms with E-state index < -0.39 is 17.5 Å². The monoisotopic (exact) mass is 508 g/mol. The minimum atomic E-state index is -0.607. The van der Waals surface area contributed by atoms with Crippen LogP contribution in [0.3, 0.4) is 0 Å². The van der Waals surface area contributed by atoms with Crippen molar-refractivity contribution in [1.82, 2.24) is 10.6 Å². The van der Waals surface area contributed by atoms with Gasteiger partial charge >= 0.3 is 0 Å². The van der Waals surface area contributed by atoms with Crippen LogP contribution in [-0.2, 0) is 9.53 Å². The Labute approximate surface area is 218 Å². The van der Waals surface area contributed by atoms with Gasteiger partial charge in [-0.1, -0.05) is 49.6 Å². The maximum Gasteiger partial charge on any atom is 0.259 e. The van der Waals surface area contributed by atoms with Crippen molar-refractivity contribution < 1.29 is 23.8 Å². The molecule has 7 heteroatoms. The van der Waals surface area contributed by atoms with Crippen LogP contribution in [0.15, 0.2) is 54.2 Å². The second kappa shape index (κ2) is 13.4. The normalized spacial score (nSPS) is 18.2. The molecule has 2 amide bonds. The molecule has 6 nitrogen and oxygen atoms in total. The number of rotatable bonds is 9. The van der Waals surface area contributed by atoms with Crippen LogP contribution >= 0.6 is 0 Å². The average Bonchev–Trinajstić information content (AvgIpc) is 2.92. The van der Waals surface area contributed by atoms with Gasteiger partial charge in [-0.2, -0.15) is 0 Å². The van der Waals surface area contributed by atoms with Gasteiger partial charge < -0.3 is 20.5 Å². The molecule has 1 saturated heterocycles. The Kier molecular flexibility index (Phi) is 9.71. The first-order valence-corrected chi connectivity index (χ1v) is 13.4. The van der Waals surface area contributed by atoms with Gasteiger partial charge in [-0.15, -0.1) is 0 Å². The first-order chi connectivity index (χ1) is 18.0. The molecule has 4 rings (SSSR count). The number of allylic oxidation sites excluding steroid dienone is 1. The summed E-state index contributed by atoms with van der Waals surface area (Å²) in [5.74, 6) is -1.01. The highest BCUT2D eigenvalue weighted by atomic mass is 19.1. The fourth-order valence-electron chi connectivity index (χ4n) is 5.36. The summed E-state index contributed by atoms with van der Waals surface area (Å²) in [6.07, 6.45) is 10.4. The molecule has 1 aliphatic heterocycles. The van der Waals surface area contributed by atoms with Crippen molar-refractivity contribution >= 4 is 17.9 Å². The number of benzene rings is 2. The number of nitrogens with one attached hydrogen (secondary N) is 2. The molecule has 0 radical (unpaired) electrons. The zero-order valence-electron chi connectivity index (χ0n) is 21.3. The van der Waals surface area contributed by atoms with Gasteiger partial charge in [0.05, 0.1) is 5.56 Å². The summed E-state index contributed by atoms with van der Waals surface area (Å²) in [6, 6.07) is 13.1. The number of phenols is 1. The second-order valence-corrected chi connectivity index (χ2v) is 10.1. The third kappa shape index (κ3) is 7.89. The summed E-state index contributed by atoms with van der Waals surface area (Å²) in [5, 5.41) is 16.4. The molecule has 0 aromatic heterocycles. The molecule has 1 aliphatic carbocycles. The van der Waals surface area contributed by atoms with Crippen molar-refractivity contribution in [3.63, 3.8) is 0 Å². The van der Waals surface area contributed by atoms with E-state index >= 15 is 0 Å². The fourth-order valence-corrected chi connectivity index (χ4v) is 5.36. The van der Waals surface area contributed by atoms with E-state index in [1.165, 1.54) is 25.3 Å². The molecule has 3 N–H and O–H groups in total. The highest BCUT2D eigenvalue weighted by molar-refractivity contribution is 5.98. The molecule has 0 bridgehead atoms. The Balaban J connectivity index is 1.50. The molecule has 1 saturated carbocycles. The Morgan fingerprint density at radius 2 is 1.76 bits per heavy atom. The standard InChI is InChI=1S/C30H37FN2O4/c31-24-11-13-26(28(34)20-24)30(36)32-25(19-21-7-3-1-4-8-21)12-14-27(22-9-5-2-6-10-22)33-29(35)23-15-17-37-18-16-23/h1,3-4,7-8,11,13,19-20,22-23,27,34H,2,5-6,9-10,12,14-18H2,(H,32,36)(H,33,35)/b25-19+. The Morgan fingerprint density at radius 3 is 2.46 bits per heavy atom. The van der Waals surface area contributed by atoms with Crippen molar-refractivity contribution in [3.8, 4) is 5.75 Å². The summed E-state index contributed by atoms with van der Waals surface area (Å²) in [4.78, 5) is 26.1. The number of carbonyl (C=O) groups is 2. The van der Waals surface area contributed by atoms with Gasteiger partial charge in [-0.25, -0.2) is 4.39 Å². The number of hydrogen-bond acceptors (Lipinski definition) is 4. The van der Waals surface area contributed by atoms with Gasteiger partial charge in [-0.05, 0) is 68.2 Å². The van der Waals surface area contributed by atoms with Gasteiger partial charge in [-0.3, -0.25) is 9.59 Å². The molecule has 2 aromatic carbocycles. The number of ether oxygens (including phenoxy) is 1. The predicted octanol–water partition coefficient (Wildman–Crippen LogP) is 5.57. The summed E-state index contributed by atoms with van der Waals surface area (Å²) in [5.41, 5.74) is 1.62. The predicted molar refractivity (Wildman–Crippen MR) is 141 cm³/mol. The van der Waals surface area contributed by atoms with Crippen LogP contribution in [0.1, 0.15) is 73.7 Å². The van der Waals surface area contributed by atoms with Gasteiger partial charge in [0.2, 0.25) is 5.91 Å². The maximum atomic E-state index is 13.4. The van der Waals surface area contributed by atoms with E-state index in [-0.39, 0.29) is 23.4 Å². The maximum absolute atomic E-state index is 13.4. The van der Waals surface area contributed by atoms with Gasteiger partial charge in [0.1, 0.15) is 11.6 Å². The Bertz CT molecular complexity index is 1080. The van der Waals surface area contributed by atoms with Crippen LogP contribution in [0.4, 0.5) is 4.39 Å². The molecule has 1 unspecified atom stereocenters. The first-order valence-electron chi connectivity index (χ1n) is 13.4. The lowest BCUT2D eigenvalue weighted by Gasteiger charge is -2.33. The molecule has 37 heavy (non-hydrogen) atoms. The van der Waals surface area contributed by atoms with Crippen molar-refractivity contribution in [2.45, 2.75) is 63.8 Å². The zero-order valence-corrected chi connectivity index (χ0v) is 21.3. The summed E-state index contributed by atoms with van der Waals surface area (Å²) >= 11 is 0. The topological polar surface area (TPSA) is 87.7 Å². The SMILES string of the molecule is O=C(N/C(=C/c1ccccc1)CCC(NC(=O)C1CCOCC1)C1CCCCC1)c1ccc(F)cc1O. The van der Waals surface area contributed by atoms with Gasteiger partial charge in [0.15, 0.2) is 0 Å². The minimum Gasteiger partial charge on any atom is -0.507 e. The van der Waals surface area contributed by atoms with Crippen molar-refractivity contribution in [3.05, 3.63) is 71.2 Å². The Morgan fingerprint density at radius 1 is 1.03 bits per heavy atom. The van der Waals surface area contributed by atoms with Crippen LogP contribution in [0.25, 0.3) is 6.08 Å². The molecule has 1 atom stereocenters. The quantitative estimate of drug-likeness (QED) is 0.413. The third-order valence-electron chi connectivity index (χ3n) is 7.48. The summed E-state index contributed by atoms with van der Waals surface area (Å²) in [7, 11) is 0. The van der Waals surface area contributed by atoms with E-state index in [0.29, 0.717) is 37.7 Å². The molecule has 0 spiro atoms. The van der Waals surface area contributed by atoms with E-state index in [9.17, 15) is 19.1 Å². The van der Waals surface area contributed by atoms with E-state index in [0.717, 1.165) is 43.4 Å². The van der Waals surface area contributed by atoms with Crippen LogP contribution in [-0.4, -0.2) is 36.2 Å². The largest absolute Gasteiger partial charge is 0.507 e. The number of hydrogen-bond donors (Lipinski definition) is 3. The molecule has 2 fully saturated rings. The number of carbonyl (C=O) groups excluding carboxylic acids is 2. The number of halogens is 1. The number of amides is 2. The van der Waals surface area contributed by atoms with E-state index in [4.69, 9.17) is 4.74 Å². The van der Waals surface area contributed by atoms with Crippen LogP contribution in [0.5, 0.6) is 5.75 Å². The van der Waals surface area contributed by atoms with Gasteiger partial charge in [0, 0.05) is 36.9 Å². The van der Waals surface area contributed by atoms with E-state index in [1.54, 1.807) is 0 Å². The lowest BCUT2D eigenvalue weighted by atomic mass is 9.81. The van der Waals surface area contributed by atoms with E-state index in [1.807, 2.05) is 36.4 Å². The van der Waals surface area contributed by atoms with Crippen LogP contribution < -0.4 is 10.6 Å². The highest BCUT2D eigenvalue weighted by Gasteiger charge is 2.29. The molecule has 198 valence electrons. The molecular weight excluding hydrogens is 471 g/mol. The second-order valence-electron chi connectivity index (χ2n) is 10.1. The molecule has 1 heterocycles. The van der Waals surface area contributed by atoms with Crippen molar-refractivity contribution in [2.75, 3.05) is 13.2 Å². The summed E-state index contributed by atoms with van der Waals surface area (Å²) < 4.78 is 18.9. The number of aromatic hydroxyl groups is 1. The Hall–Kier alpha value is -3.19. The zero-order chi connectivity index (χ0) is 26.0. The first kappa shape index (κ1) is 26.9. The fraction of sp³-hybridized carbons (Fsp3) is 0.467. The van der Waals surface area contributed by atoms with E-state index in [2.05, 4.69) is 10.6 Å². The average molecular weight is 509 g/mol. The third-order valence-corrected chi connectivity index (χ3v) is 7.48. The lowest BCUT2D eigenvalue weighted by molar-refractivity contribution is -0.129. The van der Waals surface area contributed by atoms with Crippen LogP contribution in [0, 0.1) is 17.7 Å². The number of phenolic OH excluding ortho intramolecular Hbond substituents is 1. The molecule has 2 aliphatic rings. The van der Waals surface area contributed by atoms with Crippen molar-refractivity contribution in [2.24, 2.45) is 11.8 Å². The van der Waals surface area contributed by atoms with Gasteiger partial charge in [0.25, 0.3) is 5.91 Å². The highest BCUT2D eigenvalue weighted by Crippen LogP contribution is 2.30. The van der Waals surface area contributed by atoms with Crippen LogP contribution in [0.2, 0.25) is 0 Å². The molecule has 2 aromatic rings. The minimum absolute atomic E-state index is 0.0111. The lowest BCUT2D eigenvalue weighted by Crippen LogP contribution is -2.45. The molecular formula is C30H37FN2O4.